The fourth-order valence-electron chi connectivity index (χ4n) is 2.73. The van der Waals surface area contributed by atoms with Crippen molar-refractivity contribution in [3.8, 4) is 0 Å². The molecule has 0 bridgehead atoms. The first kappa shape index (κ1) is 15.3. The normalized spacial score (nSPS) is 14.7. The summed E-state index contributed by atoms with van der Waals surface area (Å²) in [6.45, 7) is 10.3. The van der Waals surface area contributed by atoms with Crippen LogP contribution in [0.4, 0.5) is 0 Å². The summed E-state index contributed by atoms with van der Waals surface area (Å²) in [6.07, 6.45) is 10.7. The number of allylic oxidation sites excluding steroid dienone is 1. The van der Waals surface area contributed by atoms with Crippen molar-refractivity contribution in [2.24, 2.45) is 0 Å². The van der Waals surface area contributed by atoms with E-state index in [1.165, 1.54) is 49.1 Å². The molecule has 0 amide bonds. The quantitative estimate of drug-likeness (QED) is 0.523. The molecule has 1 fully saturated rings. The van der Waals surface area contributed by atoms with Gasteiger partial charge in [-0.2, -0.15) is 5.10 Å². The van der Waals surface area contributed by atoms with Crippen LogP contribution >= 0.6 is 0 Å². The van der Waals surface area contributed by atoms with Crippen molar-refractivity contribution < 1.29 is 0 Å². The number of aryl methyl sites for hydroxylation is 2. The van der Waals surface area contributed by atoms with E-state index in [0.717, 1.165) is 32.0 Å². The molecule has 0 aliphatic heterocycles. The molecular weight excluding hydrogens is 246 g/mol. The molecule has 1 heterocycles. The summed E-state index contributed by atoms with van der Waals surface area (Å²) in [7, 11) is 0. The summed E-state index contributed by atoms with van der Waals surface area (Å²) < 4.78 is 2.20. The first-order valence-electron chi connectivity index (χ1n) is 8.09. The molecule has 0 radical (unpaired) electrons. The number of nitrogens with one attached hydrogen (secondary N) is 1. The van der Waals surface area contributed by atoms with Gasteiger partial charge in [0.1, 0.15) is 0 Å². The number of aromatic nitrogens is 2. The van der Waals surface area contributed by atoms with E-state index in [-0.39, 0.29) is 0 Å². The van der Waals surface area contributed by atoms with Crippen molar-refractivity contribution in [1.82, 2.24) is 15.1 Å². The van der Waals surface area contributed by atoms with Gasteiger partial charge in [0.25, 0.3) is 0 Å². The zero-order valence-electron chi connectivity index (χ0n) is 13.1. The van der Waals surface area contributed by atoms with Crippen molar-refractivity contribution in [1.29, 1.82) is 0 Å². The van der Waals surface area contributed by atoms with Crippen LogP contribution in [-0.2, 0) is 13.0 Å². The molecule has 3 nitrogen and oxygen atoms in total. The fraction of sp³-hybridized carbons (Fsp3) is 0.706. The highest BCUT2D eigenvalue weighted by Gasteiger charge is 2.20. The Balaban J connectivity index is 1.78. The molecule has 1 aromatic rings. The van der Waals surface area contributed by atoms with Crippen molar-refractivity contribution in [3.05, 3.63) is 29.6 Å². The smallest absolute Gasteiger partial charge is 0.0628 e. The van der Waals surface area contributed by atoms with Gasteiger partial charge in [-0.05, 0) is 64.5 Å². The van der Waals surface area contributed by atoms with Crippen LogP contribution in [0, 0.1) is 13.8 Å². The number of hydrogen-bond donors (Lipinski definition) is 1. The summed E-state index contributed by atoms with van der Waals surface area (Å²) in [5, 5.41) is 8.30. The molecule has 0 saturated heterocycles. The molecule has 1 aliphatic rings. The van der Waals surface area contributed by atoms with Crippen LogP contribution in [0.5, 0.6) is 0 Å². The second kappa shape index (κ2) is 7.63. The van der Waals surface area contributed by atoms with E-state index < -0.39 is 0 Å². The van der Waals surface area contributed by atoms with Gasteiger partial charge in [-0.15, -0.1) is 6.58 Å². The molecule has 1 aromatic heterocycles. The van der Waals surface area contributed by atoms with Gasteiger partial charge in [-0.25, -0.2) is 0 Å². The van der Waals surface area contributed by atoms with Gasteiger partial charge < -0.3 is 5.32 Å². The molecular formula is C17H29N3. The first-order valence-corrected chi connectivity index (χ1v) is 8.09. The van der Waals surface area contributed by atoms with E-state index >= 15 is 0 Å². The zero-order valence-corrected chi connectivity index (χ0v) is 13.1. The van der Waals surface area contributed by atoms with E-state index in [0.29, 0.717) is 0 Å². The SMILES string of the molecule is C=CCCCCCn1nc(C)c(CCNC2CC2)c1C. The topological polar surface area (TPSA) is 29.9 Å². The van der Waals surface area contributed by atoms with Crippen LogP contribution in [0.3, 0.4) is 0 Å². The van der Waals surface area contributed by atoms with Crippen molar-refractivity contribution >= 4 is 0 Å². The van der Waals surface area contributed by atoms with Crippen LogP contribution in [-0.4, -0.2) is 22.4 Å². The third-order valence-corrected chi connectivity index (χ3v) is 4.19. The van der Waals surface area contributed by atoms with E-state index in [4.69, 9.17) is 5.10 Å². The van der Waals surface area contributed by atoms with Crippen molar-refractivity contribution in [2.45, 2.75) is 71.4 Å². The maximum atomic E-state index is 4.71. The minimum absolute atomic E-state index is 0.801. The summed E-state index contributed by atoms with van der Waals surface area (Å²) in [4.78, 5) is 0. The van der Waals surface area contributed by atoms with E-state index in [1.807, 2.05) is 6.08 Å². The molecule has 20 heavy (non-hydrogen) atoms. The standard InChI is InChI=1S/C17H29N3/c1-4-5-6-7-8-13-20-15(3)17(14(2)19-20)11-12-18-16-9-10-16/h4,16,18H,1,5-13H2,2-3H3. The maximum absolute atomic E-state index is 4.71. The molecule has 3 heteroatoms. The van der Waals surface area contributed by atoms with Crippen LogP contribution in [0.2, 0.25) is 0 Å². The van der Waals surface area contributed by atoms with Crippen molar-refractivity contribution in [3.63, 3.8) is 0 Å². The Bertz CT molecular complexity index is 430. The predicted octanol–water partition coefficient (Wildman–Crippen LogP) is 3.54. The lowest BCUT2D eigenvalue weighted by atomic mass is 10.1. The predicted molar refractivity (Wildman–Crippen MR) is 85.1 cm³/mol. The van der Waals surface area contributed by atoms with Crippen LogP contribution in [0.25, 0.3) is 0 Å². The Kier molecular flexibility index (Phi) is 5.84. The Hall–Kier alpha value is -1.09. The first-order chi connectivity index (χ1) is 9.72. The molecule has 2 rings (SSSR count). The lowest BCUT2D eigenvalue weighted by Crippen LogP contribution is -2.19. The molecule has 0 aromatic carbocycles. The minimum atomic E-state index is 0.801. The largest absolute Gasteiger partial charge is 0.314 e. The monoisotopic (exact) mass is 275 g/mol. The van der Waals surface area contributed by atoms with E-state index in [2.05, 4.69) is 30.4 Å². The average Bonchev–Trinajstić information content (AvgIpc) is 3.21. The van der Waals surface area contributed by atoms with E-state index in [9.17, 15) is 0 Å². The van der Waals surface area contributed by atoms with Gasteiger partial charge in [0.05, 0.1) is 5.69 Å². The summed E-state index contributed by atoms with van der Waals surface area (Å²) in [5.74, 6) is 0. The molecule has 0 atom stereocenters. The third kappa shape index (κ3) is 4.48. The van der Waals surface area contributed by atoms with Gasteiger partial charge in [0.15, 0.2) is 0 Å². The Morgan fingerprint density at radius 3 is 2.80 bits per heavy atom. The molecule has 1 N–H and O–H groups in total. The lowest BCUT2D eigenvalue weighted by Gasteiger charge is -2.06. The molecule has 0 spiro atoms. The van der Waals surface area contributed by atoms with Crippen molar-refractivity contribution in [2.75, 3.05) is 6.54 Å². The zero-order chi connectivity index (χ0) is 14.4. The average molecular weight is 275 g/mol. The van der Waals surface area contributed by atoms with Gasteiger partial charge >= 0.3 is 0 Å². The maximum Gasteiger partial charge on any atom is 0.0628 e. The number of unbranched alkanes of at least 4 members (excludes halogenated alkanes) is 3. The van der Waals surface area contributed by atoms with Gasteiger partial charge in [-0.1, -0.05) is 12.5 Å². The summed E-state index contributed by atoms with van der Waals surface area (Å²) in [6, 6.07) is 0.801. The Morgan fingerprint density at radius 1 is 1.30 bits per heavy atom. The highest BCUT2D eigenvalue weighted by atomic mass is 15.3. The minimum Gasteiger partial charge on any atom is -0.314 e. The highest BCUT2D eigenvalue weighted by Crippen LogP contribution is 2.19. The van der Waals surface area contributed by atoms with E-state index in [1.54, 1.807) is 0 Å². The molecule has 112 valence electrons. The molecule has 0 unspecified atom stereocenters. The summed E-state index contributed by atoms with van der Waals surface area (Å²) >= 11 is 0. The van der Waals surface area contributed by atoms with Crippen LogP contribution < -0.4 is 5.32 Å². The highest BCUT2D eigenvalue weighted by molar-refractivity contribution is 5.24. The summed E-state index contributed by atoms with van der Waals surface area (Å²) in [5.41, 5.74) is 4.03. The Morgan fingerprint density at radius 2 is 2.10 bits per heavy atom. The fourth-order valence-corrected chi connectivity index (χ4v) is 2.73. The molecule has 1 aliphatic carbocycles. The van der Waals surface area contributed by atoms with Gasteiger partial charge in [-0.3, -0.25) is 4.68 Å². The second-order valence-corrected chi connectivity index (χ2v) is 5.99. The second-order valence-electron chi connectivity index (χ2n) is 5.99. The van der Waals surface area contributed by atoms with Gasteiger partial charge in [0, 0.05) is 18.3 Å². The number of rotatable bonds is 10. The third-order valence-electron chi connectivity index (χ3n) is 4.19. The molecule has 1 saturated carbocycles. The number of nitrogens with zero attached hydrogens (tertiary/aromatic N) is 2. The van der Waals surface area contributed by atoms with Crippen LogP contribution in [0.1, 0.15) is 55.5 Å². The Labute approximate surface area is 123 Å². The van der Waals surface area contributed by atoms with Crippen LogP contribution in [0.15, 0.2) is 12.7 Å². The lowest BCUT2D eigenvalue weighted by molar-refractivity contribution is 0.533. The van der Waals surface area contributed by atoms with Gasteiger partial charge in [0.2, 0.25) is 0 Å². The number of hydrogen-bond acceptors (Lipinski definition) is 2.